The zero-order valence-electron chi connectivity index (χ0n) is 11.9. The zero-order chi connectivity index (χ0) is 14.7. The lowest BCUT2D eigenvalue weighted by atomic mass is 9.88. The lowest BCUT2D eigenvalue weighted by Crippen LogP contribution is -2.53. The van der Waals surface area contributed by atoms with Crippen molar-refractivity contribution in [3.8, 4) is 0 Å². The van der Waals surface area contributed by atoms with E-state index in [-0.39, 0.29) is 11.5 Å². The van der Waals surface area contributed by atoms with Gasteiger partial charge in [-0.1, -0.05) is 6.08 Å². The molecule has 19 heavy (non-hydrogen) atoms. The predicted octanol–water partition coefficient (Wildman–Crippen LogP) is 2.03. The second-order valence-corrected chi connectivity index (χ2v) is 8.36. The molecular formula is C13H23NO4S. The van der Waals surface area contributed by atoms with Crippen LogP contribution in [0.5, 0.6) is 0 Å². The number of sulfone groups is 1. The first-order chi connectivity index (χ1) is 8.58. The van der Waals surface area contributed by atoms with Crippen molar-refractivity contribution in [1.29, 1.82) is 0 Å². The Bertz CT molecular complexity index is 434. The topological polar surface area (TPSA) is 72.5 Å². The molecule has 0 spiro atoms. The van der Waals surface area contributed by atoms with Crippen LogP contribution in [0.25, 0.3) is 0 Å². The Labute approximate surface area is 115 Å². The molecule has 1 aliphatic rings. The summed E-state index contributed by atoms with van der Waals surface area (Å²) in [6, 6.07) is 0. The molecule has 1 N–H and O–H groups in total. The van der Waals surface area contributed by atoms with Gasteiger partial charge in [0.05, 0.1) is 11.5 Å². The van der Waals surface area contributed by atoms with Crippen LogP contribution in [0.1, 0.15) is 40.0 Å². The second-order valence-electron chi connectivity index (χ2n) is 6.05. The Morgan fingerprint density at radius 3 is 2.32 bits per heavy atom. The van der Waals surface area contributed by atoms with Crippen LogP contribution >= 0.6 is 0 Å². The van der Waals surface area contributed by atoms with Gasteiger partial charge in [0.25, 0.3) is 0 Å². The van der Waals surface area contributed by atoms with Crippen LogP contribution in [0.2, 0.25) is 0 Å². The average Bonchev–Trinajstić information content (AvgIpc) is 2.20. The van der Waals surface area contributed by atoms with Crippen molar-refractivity contribution in [1.82, 2.24) is 5.32 Å². The van der Waals surface area contributed by atoms with Crippen LogP contribution in [-0.2, 0) is 14.6 Å². The molecule has 1 heterocycles. The van der Waals surface area contributed by atoms with Crippen molar-refractivity contribution < 1.29 is 17.9 Å². The molecule has 1 saturated heterocycles. The molecule has 1 fully saturated rings. The number of hydrogen-bond donors (Lipinski definition) is 1. The van der Waals surface area contributed by atoms with E-state index in [1.54, 1.807) is 26.8 Å². The summed E-state index contributed by atoms with van der Waals surface area (Å²) in [5.74, 6) is 0.188. The molecule has 0 aromatic rings. The van der Waals surface area contributed by atoms with Gasteiger partial charge in [0, 0.05) is 5.54 Å². The van der Waals surface area contributed by atoms with Crippen molar-refractivity contribution in [2.24, 2.45) is 0 Å². The highest BCUT2D eigenvalue weighted by molar-refractivity contribution is 7.91. The van der Waals surface area contributed by atoms with Gasteiger partial charge in [-0.05, 0) is 40.0 Å². The van der Waals surface area contributed by atoms with E-state index in [2.05, 4.69) is 11.9 Å². The van der Waals surface area contributed by atoms with E-state index in [0.717, 1.165) is 0 Å². The molecule has 6 heteroatoms. The van der Waals surface area contributed by atoms with Crippen LogP contribution in [0.3, 0.4) is 0 Å². The minimum Gasteiger partial charge on any atom is -0.444 e. The number of amides is 1. The summed E-state index contributed by atoms with van der Waals surface area (Å²) in [7, 11) is -2.97. The maximum absolute atomic E-state index is 11.9. The number of nitrogens with one attached hydrogen (secondary N) is 1. The molecule has 0 aromatic heterocycles. The fraction of sp³-hybridized carbons (Fsp3) is 0.769. The van der Waals surface area contributed by atoms with E-state index in [0.29, 0.717) is 19.3 Å². The van der Waals surface area contributed by atoms with Crippen LogP contribution in [0.4, 0.5) is 4.79 Å². The van der Waals surface area contributed by atoms with Gasteiger partial charge >= 0.3 is 6.09 Å². The van der Waals surface area contributed by atoms with Gasteiger partial charge in [-0.25, -0.2) is 13.2 Å². The molecule has 5 nitrogen and oxygen atoms in total. The smallest absolute Gasteiger partial charge is 0.408 e. The molecule has 0 unspecified atom stereocenters. The number of alkyl carbamates (subject to hydrolysis) is 1. The molecule has 0 aromatic carbocycles. The first-order valence-electron chi connectivity index (χ1n) is 6.40. The number of carbonyl (C=O) groups excluding carboxylic acids is 1. The highest BCUT2D eigenvalue weighted by Gasteiger charge is 2.38. The van der Waals surface area contributed by atoms with Crippen LogP contribution < -0.4 is 5.32 Å². The van der Waals surface area contributed by atoms with Crippen molar-refractivity contribution >= 4 is 15.9 Å². The minimum absolute atomic E-state index is 0.0939. The third-order valence-corrected chi connectivity index (χ3v) is 4.74. The van der Waals surface area contributed by atoms with Gasteiger partial charge in [-0.15, -0.1) is 6.58 Å². The minimum atomic E-state index is -2.97. The van der Waals surface area contributed by atoms with Crippen molar-refractivity contribution in [3.63, 3.8) is 0 Å². The van der Waals surface area contributed by atoms with Crippen LogP contribution in [0.15, 0.2) is 12.7 Å². The Hall–Kier alpha value is -1.04. The zero-order valence-corrected chi connectivity index (χ0v) is 12.7. The Kier molecular flexibility index (Phi) is 4.66. The first kappa shape index (κ1) is 16.0. The number of rotatable bonds is 3. The van der Waals surface area contributed by atoms with E-state index < -0.39 is 27.1 Å². The van der Waals surface area contributed by atoms with Gasteiger partial charge in [-0.2, -0.15) is 0 Å². The normalized spacial score (nSPS) is 21.4. The molecule has 0 saturated carbocycles. The molecule has 0 bridgehead atoms. The maximum atomic E-state index is 11.9. The van der Waals surface area contributed by atoms with Gasteiger partial charge in [-0.3, -0.25) is 0 Å². The summed E-state index contributed by atoms with van der Waals surface area (Å²) in [6.07, 6.45) is 2.55. The Morgan fingerprint density at radius 2 is 1.89 bits per heavy atom. The number of ether oxygens (including phenoxy) is 1. The summed E-state index contributed by atoms with van der Waals surface area (Å²) < 4.78 is 28.2. The van der Waals surface area contributed by atoms with E-state index >= 15 is 0 Å². The van der Waals surface area contributed by atoms with Gasteiger partial charge in [0.2, 0.25) is 0 Å². The maximum Gasteiger partial charge on any atom is 0.408 e. The fourth-order valence-electron chi connectivity index (χ4n) is 2.11. The summed E-state index contributed by atoms with van der Waals surface area (Å²) in [5, 5.41) is 2.83. The summed E-state index contributed by atoms with van der Waals surface area (Å²) in [6.45, 7) is 9.05. The third-order valence-electron chi connectivity index (χ3n) is 3.08. The van der Waals surface area contributed by atoms with Gasteiger partial charge < -0.3 is 10.1 Å². The molecule has 0 radical (unpaired) electrons. The van der Waals surface area contributed by atoms with E-state index in [4.69, 9.17) is 4.74 Å². The first-order valence-corrected chi connectivity index (χ1v) is 8.22. The van der Waals surface area contributed by atoms with E-state index in [9.17, 15) is 13.2 Å². The molecule has 0 aliphatic carbocycles. The lowest BCUT2D eigenvalue weighted by molar-refractivity contribution is 0.0446. The number of carbonyl (C=O) groups is 1. The van der Waals surface area contributed by atoms with Gasteiger partial charge in [0.1, 0.15) is 15.4 Å². The quantitative estimate of drug-likeness (QED) is 0.807. The summed E-state index contributed by atoms with van der Waals surface area (Å²) in [4.78, 5) is 11.9. The highest BCUT2D eigenvalue weighted by atomic mass is 32.2. The van der Waals surface area contributed by atoms with Crippen molar-refractivity contribution in [2.75, 3.05) is 11.5 Å². The second kappa shape index (κ2) is 5.53. The van der Waals surface area contributed by atoms with Crippen molar-refractivity contribution in [2.45, 2.75) is 51.2 Å². The monoisotopic (exact) mass is 289 g/mol. The molecule has 1 aliphatic heterocycles. The van der Waals surface area contributed by atoms with Crippen LogP contribution in [0, 0.1) is 0 Å². The van der Waals surface area contributed by atoms with E-state index in [1.807, 2.05) is 0 Å². The third kappa shape index (κ3) is 5.22. The molecule has 110 valence electrons. The summed E-state index contributed by atoms with van der Waals surface area (Å²) >= 11 is 0. The summed E-state index contributed by atoms with van der Waals surface area (Å²) in [5.41, 5.74) is -1.12. The predicted molar refractivity (Wildman–Crippen MR) is 74.8 cm³/mol. The lowest BCUT2D eigenvalue weighted by Gasteiger charge is -2.37. The molecule has 0 atom stereocenters. The number of hydrogen-bond acceptors (Lipinski definition) is 4. The Balaban J connectivity index is 2.73. The standard InChI is InChI=1S/C13H23NO4S/c1-5-6-13(7-9-19(16,17)10-8-13)14-11(15)18-12(2,3)4/h5H,1,6-10H2,2-4H3,(H,14,15). The van der Waals surface area contributed by atoms with Gasteiger partial charge in [0.15, 0.2) is 0 Å². The van der Waals surface area contributed by atoms with Crippen molar-refractivity contribution in [3.05, 3.63) is 12.7 Å². The molecular weight excluding hydrogens is 266 g/mol. The largest absolute Gasteiger partial charge is 0.444 e. The molecule has 1 rings (SSSR count). The molecule has 1 amide bonds. The SMILES string of the molecule is C=CCC1(NC(=O)OC(C)(C)C)CCS(=O)(=O)CC1. The average molecular weight is 289 g/mol. The Morgan fingerprint density at radius 1 is 1.37 bits per heavy atom. The highest BCUT2D eigenvalue weighted by Crippen LogP contribution is 2.28. The van der Waals surface area contributed by atoms with E-state index in [1.165, 1.54) is 0 Å². The van der Waals surface area contributed by atoms with Crippen LogP contribution in [-0.4, -0.2) is 37.2 Å². The fourth-order valence-corrected chi connectivity index (χ4v) is 3.71.